The predicted octanol–water partition coefficient (Wildman–Crippen LogP) is 2.41. The molecule has 1 saturated heterocycles. The van der Waals surface area contributed by atoms with Crippen molar-refractivity contribution in [3.05, 3.63) is 64.2 Å². The van der Waals surface area contributed by atoms with Crippen molar-refractivity contribution in [2.75, 3.05) is 32.2 Å². The molecule has 1 fully saturated rings. The Labute approximate surface area is 173 Å². The van der Waals surface area contributed by atoms with E-state index in [9.17, 15) is 19.7 Å². The van der Waals surface area contributed by atoms with Gasteiger partial charge in [0.15, 0.2) is 0 Å². The second-order valence-electron chi connectivity index (χ2n) is 7.00. The number of methoxy groups -OCH3 is 1. The largest absolute Gasteiger partial charge is 0.496 e. The lowest BCUT2D eigenvalue weighted by molar-refractivity contribution is -0.383. The SMILES string of the molecule is COc1ccccc1C1(CNC(=O)C(=O)Nc2ccccc2[N+](=O)[O-])CCOCC1. The lowest BCUT2D eigenvalue weighted by atomic mass is 9.73. The summed E-state index contributed by atoms with van der Waals surface area (Å²) < 4.78 is 11.0. The molecule has 2 N–H and O–H groups in total. The number of nitrogens with zero attached hydrogens (tertiary/aromatic N) is 1. The number of hydrogen-bond acceptors (Lipinski definition) is 6. The molecule has 0 radical (unpaired) electrons. The summed E-state index contributed by atoms with van der Waals surface area (Å²) >= 11 is 0. The van der Waals surface area contributed by atoms with Crippen molar-refractivity contribution in [2.24, 2.45) is 0 Å². The molecule has 0 saturated carbocycles. The highest BCUT2D eigenvalue weighted by molar-refractivity contribution is 6.39. The predicted molar refractivity (Wildman–Crippen MR) is 109 cm³/mol. The van der Waals surface area contributed by atoms with Gasteiger partial charge in [-0.2, -0.15) is 0 Å². The molecule has 0 aromatic heterocycles. The summed E-state index contributed by atoms with van der Waals surface area (Å²) in [6.07, 6.45) is 1.30. The van der Waals surface area contributed by atoms with Gasteiger partial charge in [-0.1, -0.05) is 30.3 Å². The summed E-state index contributed by atoms with van der Waals surface area (Å²) in [7, 11) is 1.59. The van der Waals surface area contributed by atoms with Crippen molar-refractivity contribution in [2.45, 2.75) is 18.3 Å². The van der Waals surface area contributed by atoms with E-state index >= 15 is 0 Å². The maximum absolute atomic E-state index is 12.4. The lowest BCUT2D eigenvalue weighted by Gasteiger charge is -2.38. The Balaban J connectivity index is 1.74. The molecule has 0 spiro atoms. The minimum atomic E-state index is -0.966. The molecule has 2 amide bonds. The van der Waals surface area contributed by atoms with E-state index in [1.165, 1.54) is 18.2 Å². The van der Waals surface area contributed by atoms with E-state index in [1.807, 2.05) is 24.3 Å². The molecule has 2 aromatic carbocycles. The summed E-state index contributed by atoms with van der Waals surface area (Å²) in [4.78, 5) is 35.2. The van der Waals surface area contributed by atoms with Crippen LogP contribution in [-0.2, 0) is 19.7 Å². The summed E-state index contributed by atoms with van der Waals surface area (Å²) in [6, 6.07) is 13.2. The quantitative estimate of drug-likeness (QED) is 0.426. The fourth-order valence-corrected chi connectivity index (χ4v) is 3.63. The van der Waals surface area contributed by atoms with Gasteiger partial charge < -0.3 is 20.1 Å². The molecule has 0 bridgehead atoms. The van der Waals surface area contributed by atoms with Crippen molar-refractivity contribution in [3.8, 4) is 5.75 Å². The summed E-state index contributed by atoms with van der Waals surface area (Å²) in [5.41, 5.74) is 0.177. The molecule has 1 aliphatic rings. The number of nitrogens with one attached hydrogen (secondary N) is 2. The molecule has 0 aliphatic carbocycles. The van der Waals surface area contributed by atoms with Crippen LogP contribution in [0.2, 0.25) is 0 Å². The summed E-state index contributed by atoms with van der Waals surface area (Å²) in [5.74, 6) is -1.13. The average molecular weight is 413 g/mol. The van der Waals surface area contributed by atoms with E-state index in [-0.39, 0.29) is 17.9 Å². The van der Waals surface area contributed by atoms with Gasteiger partial charge in [0, 0.05) is 36.8 Å². The van der Waals surface area contributed by atoms with Crippen LogP contribution in [0.3, 0.4) is 0 Å². The number of amides is 2. The fourth-order valence-electron chi connectivity index (χ4n) is 3.63. The molecule has 3 rings (SSSR count). The number of benzene rings is 2. The van der Waals surface area contributed by atoms with Gasteiger partial charge >= 0.3 is 11.8 Å². The zero-order chi connectivity index (χ0) is 21.6. The van der Waals surface area contributed by atoms with Crippen LogP contribution in [0.15, 0.2) is 48.5 Å². The molecule has 30 heavy (non-hydrogen) atoms. The Hall–Kier alpha value is -3.46. The van der Waals surface area contributed by atoms with Crippen molar-refractivity contribution >= 4 is 23.2 Å². The van der Waals surface area contributed by atoms with Gasteiger partial charge in [-0.15, -0.1) is 0 Å². The van der Waals surface area contributed by atoms with Crippen molar-refractivity contribution in [1.82, 2.24) is 5.32 Å². The highest BCUT2D eigenvalue weighted by atomic mass is 16.6. The average Bonchev–Trinajstić information content (AvgIpc) is 2.78. The fraction of sp³-hybridized carbons (Fsp3) is 0.333. The number of anilines is 1. The molecule has 2 aromatic rings. The lowest BCUT2D eigenvalue weighted by Crippen LogP contribution is -2.47. The Morgan fingerprint density at radius 2 is 1.77 bits per heavy atom. The Morgan fingerprint density at radius 3 is 2.47 bits per heavy atom. The maximum atomic E-state index is 12.4. The van der Waals surface area contributed by atoms with Crippen LogP contribution in [0.5, 0.6) is 5.75 Å². The van der Waals surface area contributed by atoms with Gasteiger partial charge in [0.2, 0.25) is 0 Å². The molecule has 1 aliphatic heterocycles. The first-order valence-corrected chi connectivity index (χ1v) is 9.51. The molecular formula is C21H23N3O6. The smallest absolute Gasteiger partial charge is 0.313 e. The molecule has 9 nitrogen and oxygen atoms in total. The first-order chi connectivity index (χ1) is 14.5. The van der Waals surface area contributed by atoms with Crippen LogP contribution in [-0.4, -0.2) is 43.6 Å². The third-order valence-electron chi connectivity index (χ3n) is 5.27. The summed E-state index contributed by atoms with van der Waals surface area (Å²) in [6.45, 7) is 1.26. The normalized spacial score (nSPS) is 15.1. The number of nitro benzene ring substituents is 1. The third kappa shape index (κ3) is 4.57. The van der Waals surface area contributed by atoms with Crippen molar-refractivity contribution in [3.63, 3.8) is 0 Å². The topological polar surface area (TPSA) is 120 Å². The van der Waals surface area contributed by atoms with Crippen LogP contribution in [0, 0.1) is 10.1 Å². The number of rotatable bonds is 6. The van der Waals surface area contributed by atoms with E-state index in [0.717, 1.165) is 5.56 Å². The molecule has 158 valence electrons. The van der Waals surface area contributed by atoms with Crippen LogP contribution < -0.4 is 15.4 Å². The van der Waals surface area contributed by atoms with Gasteiger partial charge in [-0.25, -0.2) is 0 Å². The molecule has 0 unspecified atom stereocenters. The highest BCUT2D eigenvalue weighted by Gasteiger charge is 2.37. The summed E-state index contributed by atoms with van der Waals surface area (Å²) in [5, 5.41) is 16.1. The number of ether oxygens (including phenoxy) is 2. The molecule has 9 heteroatoms. The van der Waals surface area contributed by atoms with Crippen LogP contribution >= 0.6 is 0 Å². The van der Waals surface area contributed by atoms with E-state index < -0.39 is 22.2 Å². The Kier molecular flexibility index (Phi) is 6.63. The van der Waals surface area contributed by atoms with Crippen molar-refractivity contribution < 1.29 is 24.0 Å². The van der Waals surface area contributed by atoms with Gasteiger partial charge in [-0.3, -0.25) is 19.7 Å². The first kappa shape index (κ1) is 21.3. The van der Waals surface area contributed by atoms with Crippen LogP contribution in [0.25, 0.3) is 0 Å². The van der Waals surface area contributed by atoms with Crippen LogP contribution in [0.4, 0.5) is 11.4 Å². The number of para-hydroxylation sites is 3. The first-order valence-electron chi connectivity index (χ1n) is 9.51. The second kappa shape index (κ2) is 9.36. The Bertz CT molecular complexity index is 940. The highest BCUT2D eigenvalue weighted by Crippen LogP contribution is 2.39. The van der Waals surface area contributed by atoms with E-state index in [0.29, 0.717) is 31.8 Å². The zero-order valence-corrected chi connectivity index (χ0v) is 16.6. The van der Waals surface area contributed by atoms with Gasteiger partial charge in [0.25, 0.3) is 5.69 Å². The standard InChI is InChI=1S/C21H23N3O6/c1-29-18-9-5-2-6-15(18)21(10-12-30-13-11-21)14-22-19(25)20(26)23-16-7-3-4-8-17(16)24(27)28/h2-9H,10-14H2,1H3,(H,22,25)(H,23,26). The minimum Gasteiger partial charge on any atom is -0.496 e. The minimum absolute atomic E-state index is 0.0341. The Morgan fingerprint density at radius 1 is 1.10 bits per heavy atom. The zero-order valence-electron chi connectivity index (χ0n) is 16.6. The molecule has 0 atom stereocenters. The number of nitro groups is 1. The second-order valence-corrected chi connectivity index (χ2v) is 7.00. The van der Waals surface area contributed by atoms with Gasteiger partial charge in [0.05, 0.1) is 12.0 Å². The third-order valence-corrected chi connectivity index (χ3v) is 5.27. The van der Waals surface area contributed by atoms with Crippen LogP contribution in [0.1, 0.15) is 18.4 Å². The van der Waals surface area contributed by atoms with Crippen molar-refractivity contribution in [1.29, 1.82) is 0 Å². The monoisotopic (exact) mass is 413 g/mol. The number of carbonyl (C=O) groups is 2. The van der Waals surface area contributed by atoms with Gasteiger partial charge in [0.1, 0.15) is 11.4 Å². The van der Waals surface area contributed by atoms with E-state index in [4.69, 9.17) is 9.47 Å². The number of hydrogen-bond donors (Lipinski definition) is 2. The van der Waals surface area contributed by atoms with E-state index in [2.05, 4.69) is 10.6 Å². The van der Waals surface area contributed by atoms with E-state index in [1.54, 1.807) is 13.2 Å². The number of carbonyl (C=O) groups excluding carboxylic acids is 2. The van der Waals surface area contributed by atoms with Gasteiger partial charge in [-0.05, 0) is 25.0 Å². The molecular weight excluding hydrogens is 390 g/mol. The molecule has 1 heterocycles. The maximum Gasteiger partial charge on any atom is 0.313 e.